The Morgan fingerprint density at radius 3 is 2.57 bits per heavy atom. The number of carbonyl (C=O) groups excluding carboxylic acids is 2. The SMILES string of the molecule is COC(=O)[C@H](Cc1cc([N+](=O)[O-])ccc1OC)NC(=O)Cc1cccc(F)c1. The van der Waals surface area contributed by atoms with E-state index in [1.54, 1.807) is 6.07 Å². The van der Waals surface area contributed by atoms with Crippen molar-refractivity contribution in [2.75, 3.05) is 14.2 Å². The van der Waals surface area contributed by atoms with Crippen molar-refractivity contribution in [2.45, 2.75) is 18.9 Å². The molecule has 0 radical (unpaired) electrons. The Balaban J connectivity index is 2.20. The van der Waals surface area contributed by atoms with E-state index in [1.807, 2.05) is 0 Å². The zero-order valence-corrected chi connectivity index (χ0v) is 15.3. The maximum atomic E-state index is 13.3. The van der Waals surface area contributed by atoms with Crippen molar-refractivity contribution < 1.29 is 28.4 Å². The first-order valence-corrected chi connectivity index (χ1v) is 8.27. The number of benzene rings is 2. The van der Waals surface area contributed by atoms with Crippen molar-refractivity contribution in [3.05, 3.63) is 69.5 Å². The molecule has 0 unspecified atom stereocenters. The molecule has 0 aromatic heterocycles. The van der Waals surface area contributed by atoms with Crippen molar-refractivity contribution in [1.82, 2.24) is 5.32 Å². The van der Waals surface area contributed by atoms with E-state index in [1.165, 1.54) is 50.6 Å². The molecule has 2 aromatic carbocycles. The molecule has 0 saturated carbocycles. The molecule has 0 aliphatic carbocycles. The number of methoxy groups -OCH3 is 2. The molecule has 0 aliphatic heterocycles. The fourth-order valence-corrected chi connectivity index (χ4v) is 2.67. The van der Waals surface area contributed by atoms with Gasteiger partial charge in [0.2, 0.25) is 5.91 Å². The van der Waals surface area contributed by atoms with Crippen LogP contribution in [0.5, 0.6) is 5.75 Å². The number of nitrogens with one attached hydrogen (secondary N) is 1. The highest BCUT2D eigenvalue weighted by atomic mass is 19.1. The smallest absolute Gasteiger partial charge is 0.328 e. The predicted octanol–water partition coefficient (Wildman–Crippen LogP) is 2.19. The molecule has 0 heterocycles. The van der Waals surface area contributed by atoms with Crippen molar-refractivity contribution in [2.24, 2.45) is 0 Å². The van der Waals surface area contributed by atoms with Gasteiger partial charge in [0, 0.05) is 24.1 Å². The number of halogens is 1. The lowest BCUT2D eigenvalue weighted by Crippen LogP contribution is -2.43. The van der Waals surface area contributed by atoms with E-state index in [0.29, 0.717) is 16.9 Å². The Labute approximate surface area is 160 Å². The highest BCUT2D eigenvalue weighted by Crippen LogP contribution is 2.25. The van der Waals surface area contributed by atoms with Gasteiger partial charge in [0.05, 0.1) is 25.6 Å². The highest BCUT2D eigenvalue weighted by Gasteiger charge is 2.25. The van der Waals surface area contributed by atoms with E-state index in [2.05, 4.69) is 5.32 Å². The van der Waals surface area contributed by atoms with Crippen LogP contribution in [0.3, 0.4) is 0 Å². The first-order valence-electron chi connectivity index (χ1n) is 8.27. The molecule has 0 spiro atoms. The van der Waals surface area contributed by atoms with E-state index in [-0.39, 0.29) is 18.5 Å². The molecule has 1 atom stereocenters. The number of ether oxygens (including phenoxy) is 2. The van der Waals surface area contributed by atoms with Gasteiger partial charge in [-0.2, -0.15) is 0 Å². The Kier molecular flexibility index (Phi) is 7.02. The van der Waals surface area contributed by atoms with Crippen LogP contribution in [0.25, 0.3) is 0 Å². The van der Waals surface area contributed by atoms with Gasteiger partial charge in [0.25, 0.3) is 5.69 Å². The molecule has 1 amide bonds. The summed E-state index contributed by atoms with van der Waals surface area (Å²) >= 11 is 0. The van der Waals surface area contributed by atoms with Crippen LogP contribution < -0.4 is 10.1 Å². The summed E-state index contributed by atoms with van der Waals surface area (Å²) in [5.74, 6) is -1.39. The molecule has 1 N–H and O–H groups in total. The number of nitrogens with zero attached hydrogens (tertiary/aromatic N) is 1. The highest BCUT2D eigenvalue weighted by molar-refractivity contribution is 5.86. The lowest BCUT2D eigenvalue weighted by Gasteiger charge is -2.18. The van der Waals surface area contributed by atoms with Crippen LogP contribution >= 0.6 is 0 Å². The number of hydrogen-bond donors (Lipinski definition) is 1. The summed E-state index contributed by atoms with van der Waals surface area (Å²) in [5.41, 5.74) is 0.623. The Morgan fingerprint density at radius 1 is 1.21 bits per heavy atom. The summed E-state index contributed by atoms with van der Waals surface area (Å²) in [6.45, 7) is 0. The van der Waals surface area contributed by atoms with E-state index in [0.717, 1.165) is 0 Å². The van der Waals surface area contributed by atoms with Crippen molar-refractivity contribution in [1.29, 1.82) is 0 Å². The number of amides is 1. The Hall–Kier alpha value is -3.49. The molecule has 0 aliphatic rings. The average Bonchev–Trinajstić information content (AvgIpc) is 2.66. The van der Waals surface area contributed by atoms with Crippen LogP contribution in [0.2, 0.25) is 0 Å². The second-order valence-corrected chi connectivity index (χ2v) is 5.91. The minimum Gasteiger partial charge on any atom is -0.496 e. The van der Waals surface area contributed by atoms with Crippen LogP contribution in [0, 0.1) is 15.9 Å². The second-order valence-electron chi connectivity index (χ2n) is 5.91. The normalized spacial score (nSPS) is 11.4. The monoisotopic (exact) mass is 390 g/mol. The van der Waals surface area contributed by atoms with Gasteiger partial charge in [-0.05, 0) is 23.8 Å². The predicted molar refractivity (Wildman–Crippen MR) is 97.4 cm³/mol. The third-order valence-electron chi connectivity index (χ3n) is 3.97. The van der Waals surface area contributed by atoms with Crippen LogP contribution in [0.15, 0.2) is 42.5 Å². The van der Waals surface area contributed by atoms with Crippen LogP contribution in [0.4, 0.5) is 10.1 Å². The van der Waals surface area contributed by atoms with Crippen LogP contribution in [-0.4, -0.2) is 37.1 Å². The summed E-state index contributed by atoms with van der Waals surface area (Å²) in [4.78, 5) is 34.8. The molecular formula is C19H19FN2O6. The summed E-state index contributed by atoms with van der Waals surface area (Å²) in [6, 6.07) is 8.40. The van der Waals surface area contributed by atoms with Crippen LogP contribution in [-0.2, 0) is 27.2 Å². The molecule has 8 nitrogen and oxygen atoms in total. The lowest BCUT2D eigenvalue weighted by atomic mass is 10.0. The average molecular weight is 390 g/mol. The van der Waals surface area contributed by atoms with E-state index in [4.69, 9.17) is 9.47 Å². The summed E-state index contributed by atoms with van der Waals surface area (Å²) in [7, 11) is 2.55. The quantitative estimate of drug-likeness (QED) is 0.421. The molecule has 0 bridgehead atoms. The summed E-state index contributed by atoms with van der Waals surface area (Å²) < 4.78 is 23.2. The van der Waals surface area contributed by atoms with E-state index < -0.39 is 28.7 Å². The minimum atomic E-state index is -1.10. The van der Waals surface area contributed by atoms with Crippen molar-refractivity contribution >= 4 is 17.6 Å². The second kappa shape index (κ2) is 9.45. The molecule has 0 fully saturated rings. The van der Waals surface area contributed by atoms with Gasteiger partial charge in [-0.15, -0.1) is 0 Å². The number of nitro groups is 1. The minimum absolute atomic E-state index is 0.0770. The molecule has 0 saturated heterocycles. The first kappa shape index (κ1) is 20.8. The largest absolute Gasteiger partial charge is 0.496 e. The third kappa shape index (κ3) is 5.50. The Bertz CT molecular complexity index is 886. The molecule has 2 aromatic rings. The van der Waals surface area contributed by atoms with E-state index >= 15 is 0 Å². The van der Waals surface area contributed by atoms with Gasteiger partial charge in [-0.1, -0.05) is 12.1 Å². The van der Waals surface area contributed by atoms with Crippen molar-refractivity contribution in [3.63, 3.8) is 0 Å². The van der Waals surface area contributed by atoms with E-state index in [9.17, 15) is 24.1 Å². The number of rotatable bonds is 8. The summed E-state index contributed by atoms with van der Waals surface area (Å²) in [6.07, 6.45) is -0.219. The fourth-order valence-electron chi connectivity index (χ4n) is 2.67. The number of esters is 1. The number of hydrogen-bond acceptors (Lipinski definition) is 6. The molecule has 28 heavy (non-hydrogen) atoms. The topological polar surface area (TPSA) is 108 Å². The Morgan fingerprint density at radius 2 is 1.96 bits per heavy atom. The molecule has 9 heteroatoms. The number of non-ortho nitro benzene ring substituents is 1. The summed E-state index contributed by atoms with van der Waals surface area (Å²) in [5, 5.41) is 13.5. The number of carbonyl (C=O) groups is 2. The molecular weight excluding hydrogens is 371 g/mol. The fraction of sp³-hybridized carbons (Fsp3) is 0.263. The lowest BCUT2D eigenvalue weighted by molar-refractivity contribution is -0.384. The van der Waals surface area contributed by atoms with Crippen LogP contribution in [0.1, 0.15) is 11.1 Å². The van der Waals surface area contributed by atoms with Crippen molar-refractivity contribution in [3.8, 4) is 5.75 Å². The van der Waals surface area contributed by atoms with Gasteiger partial charge in [-0.25, -0.2) is 9.18 Å². The number of nitro benzene ring substituents is 1. The van der Waals surface area contributed by atoms with Gasteiger partial charge in [0.15, 0.2) is 0 Å². The zero-order valence-electron chi connectivity index (χ0n) is 15.3. The third-order valence-corrected chi connectivity index (χ3v) is 3.97. The molecule has 2 rings (SSSR count). The van der Waals surface area contributed by atoms with Gasteiger partial charge in [-0.3, -0.25) is 14.9 Å². The van der Waals surface area contributed by atoms with Gasteiger partial charge in [0.1, 0.15) is 17.6 Å². The molecule has 148 valence electrons. The zero-order chi connectivity index (χ0) is 20.7. The maximum Gasteiger partial charge on any atom is 0.328 e. The first-order chi connectivity index (χ1) is 13.3. The standard InChI is InChI=1S/C19H19FN2O6/c1-27-17-7-6-15(22(25)26)10-13(17)11-16(19(24)28-2)21-18(23)9-12-4-3-5-14(20)8-12/h3-8,10,16H,9,11H2,1-2H3,(H,21,23)/t16-/m0/s1. The maximum absolute atomic E-state index is 13.3. The van der Waals surface area contributed by atoms with Gasteiger partial charge >= 0.3 is 5.97 Å². The van der Waals surface area contributed by atoms with Gasteiger partial charge < -0.3 is 14.8 Å².